The quantitative estimate of drug-likeness (QED) is 0.433. The predicted octanol–water partition coefficient (Wildman–Crippen LogP) is -1.49. The minimum atomic E-state index is -3.15. The van der Waals surface area contributed by atoms with Crippen LogP contribution in [0, 0.1) is 11.3 Å². The van der Waals surface area contributed by atoms with Crippen molar-refractivity contribution in [3.05, 3.63) is 0 Å². The van der Waals surface area contributed by atoms with Crippen LogP contribution in [-0.4, -0.2) is 90.6 Å². The number of ether oxygens (including phenoxy) is 5. The van der Waals surface area contributed by atoms with Gasteiger partial charge in [0, 0.05) is 6.92 Å². The molecule has 11 nitrogen and oxygen atoms in total. The topological polar surface area (TPSA) is 157 Å². The van der Waals surface area contributed by atoms with Crippen molar-refractivity contribution in [3.8, 4) is 6.07 Å². The average Bonchev–Trinajstić information content (AvgIpc) is 3.02. The zero-order valence-electron chi connectivity index (χ0n) is 16.5. The largest absolute Gasteiger partial charge is 0.465 e. The molecular formula is C17H25FN2O9. The molecule has 0 aromatic heterocycles. The van der Waals surface area contributed by atoms with Crippen LogP contribution in [-0.2, 0) is 33.3 Å². The summed E-state index contributed by atoms with van der Waals surface area (Å²) >= 11 is 0. The van der Waals surface area contributed by atoms with E-state index in [2.05, 4.69) is 10.1 Å². The van der Waals surface area contributed by atoms with Crippen molar-refractivity contribution >= 4 is 11.9 Å². The fourth-order valence-electron chi connectivity index (χ4n) is 3.34. The van der Waals surface area contributed by atoms with Gasteiger partial charge in [-0.05, 0) is 13.8 Å². The molecule has 0 aromatic carbocycles. The maximum Gasteiger partial charge on any atom is 0.369 e. The zero-order valence-corrected chi connectivity index (χ0v) is 16.5. The number of carbonyl (C=O) groups excluding carboxylic acids is 2. The van der Waals surface area contributed by atoms with Gasteiger partial charge in [0.2, 0.25) is 5.91 Å². The Kier molecular flexibility index (Phi) is 7.15. The number of nitrogens with zero attached hydrogens (tertiary/aromatic N) is 1. The molecule has 164 valence electrons. The Morgan fingerprint density at radius 3 is 2.55 bits per heavy atom. The predicted molar refractivity (Wildman–Crippen MR) is 90.6 cm³/mol. The highest BCUT2D eigenvalue weighted by atomic mass is 19.1. The summed E-state index contributed by atoms with van der Waals surface area (Å²) in [5.74, 6) is -6.27. The highest BCUT2D eigenvalue weighted by molar-refractivity contribution is 5.79. The van der Waals surface area contributed by atoms with Crippen LogP contribution in [0.15, 0.2) is 0 Å². The van der Waals surface area contributed by atoms with Gasteiger partial charge >= 0.3 is 11.8 Å². The van der Waals surface area contributed by atoms with Gasteiger partial charge in [-0.15, -0.1) is 0 Å². The van der Waals surface area contributed by atoms with Gasteiger partial charge in [0.25, 0.3) is 0 Å². The molecule has 29 heavy (non-hydrogen) atoms. The summed E-state index contributed by atoms with van der Waals surface area (Å²) in [6.45, 7) is 3.66. The first kappa shape index (κ1) is 23.4. The van der Waals surface area contributed by atoms with E-state index in [1.807, 2.05) is 0 Å². The number of alkyl halides is 1. The average molecular weight is 420 g/mol. The molecule has 2 heterocycles. The lowest BCUT2D eigenvalue weighted by atomic mass is 9.87. The number of aliphatic hydroxyl groups excluding tert-OH is 1. The standard InChI is InChI=1S/C17H25FN2O9/c1-8(21)20-10-12(11(22)9-7-27-16(2,3)28-9)29-17(24,15(23)25-4)14(18)13(10)26-6-5-19/h9-14,22,24H,6-7H2,1-4H3,(H,20,21)/t9-,10+,11-,12?,13?,14?,17-/m1/s1. The first-order valence-corrected chi connectivity index (χ1v) is 8.85. The summed E-state index contributed by atoms with van der Waals surface area (Å²) in [5.41, 5.74) is 0. The summed E-state index contributed by atoms with van der Waals surface area (Å²) in [4.78, 5) is 23.7. The minimum Gasteiger partial charge on any atom is -0.465 e. The second kappa shape index (κ2) is 8.86. The Labute approximate surface area is 166 Å². The van der Waals surface area contributed by atoms with E-state index in [1.54, 1.807) is 19.9 Å². The highest BCUT2D eigenvalue weighted by Gasteiger charge is 2.63. The van der Waals surface area contributed by atoms with E-state index in [0.717, 1.165) is 14.0 Å². The van der Waals surface area contributed by atoms with E-state index in [4.69, 9.17) is 24.2 Å². The Bertz CT molecular complexity index is 670. The van der Waals surface area contributed by atoms with E-state index in [1.165, 1.54) is 0 Å². The first-order chi connectivity index (χ1) is 13.5. The Morgan fingerprint density at radius 2 is 2.07 bits per heavy atom. The number of nitrogens with one attached hydrogen (secondary N) is 1. The smallest absolute Gasteiger partial charge is 0.369 e. The van der Waals surface area contributed by atoms with Crippen LogP contribution < -0.4 is 5.32 Å². The molecule has 2 aliphatic rings. The number of halogens is 1. The molecule has 3 unspecified atom stereocenters. The monoisotopic (exact) mass is 420 g/mol. The van der Waals surface area contributed by atoms with Crippen LogP contribution in [0.4, 0.5) is 4.39 Å². The molecule has 2 aliphatic heterocycles. The second-order valence-corrected chi connectivity index (χ2v) is 7.19. The summed E-state index contributed by atoms with van der Waals surface area (Å²) in [7, 11) is 0.906. The second-order valence-electron chi connectivity index (χ2n) is 7.19. The Morgan fingerprint density at radius 1 is 1.41 bits per heavy atom. The zero-order chi connectivity index (χ0) is 22.0. The molecule has 0 radical (unpaired) electrons. The van der Waals surface area contributed by atoms with Crippen LogP contribution >= 0.6 is 0 Å². The van der Waals surface area contributed by atoms with E-state index < -0.39 is 66.7 Å². The van der Waals surface area contributed by atoms with E-state index >= 15 is 4.39 Å². The molecule has 2 rings (SSSR count). The number of hydrogen-bond acceptors (Lipinski definition) is 10. The highest BCUT2D eigenvalue weighted by Crippen LogP contribution is 2.37. The number of aliphatic hydroxyl groups is 2. The van der Waals surface area contributed by atoms with Gasteiger partial charge in [-0.1, -0.05) is 0 Å². The lowest BCUT2D eigenvalue weighted by molar-refractivity contribution is -0.325. The minimum absolute atomic E-state index is 0.0692. The van der Waals surface area contributed by atoms with Gasteiger partial charge in [0.05, 0.1) is 25.8 Å². The molecule has 12 heteroatoms. The van der Waals surface area contributed by atoms with Crippen molar-refractivity contribution in [2.45, 2.75) is 69.0 Å². The van der Waals surface area contributed by atoms with Gasteiger partial charge < -0.3 is 39.2 Å². The van der Waals surface area contributed by atoms with E-state index in [-0.39, 0.29) is 6.61 Å². The summed E-state index contributed by atoms with van der Waals surface area (Å²) in [5, 5.41) is 32.6. The molecule has 3 N–H and O–H groups in total. The number of amides is 1. The van der Waals surface area contributed by atoms with Gasteiger partial charge in [-0.2, -0.15) is 5.26 Å². The number of nitriles is 1. The van der Waals surface area contributed by atoms with Crippen molar-refractivity contribution in [1.29, 1.82) is 5.26 Å². The molecule has 2 fully saturated rings. The third-order valence-electron chi connectivity index (χ3n) is 4.62. The van der Waals surface area contributed by atoms with Gasteiger partial charge in [-0.3, -0.25) is 4.79 Å². The number of carbonyl (C=O) groups is 2. The lowest BCUT2D eigenvalue weighted by Crippen LogP contribution is -2.73. The van der Waals surface area contributed by atoms with Crippen molar-refractivity contribution in [2.75, 3.05) is 20.3 Å². The Balaban J connectivity index is 2.43. The Hall–Kier alpha value is -1.88. The van der Waals surface area contributed by atoms with Crippen LogP contribution in [0.5, 0.6) is 0 Å². The third kappa shape index (κ3) is 4.82. The van der Waals surface area contributed by atoms with Crippen LogP contribution in [0.3, 0.4) is 0 Å². The van der Waals surface area contributed by atoms with Gasteiger partial charge in [0.1, 0.15) is 31.0 Å². The molecule has 2 saturated heterocycles. The van der Waals surface area contributed by atoms with Crippen molar-refractivity contribution in [2.24, 2.45) is 0 Å². The number of rotatable bonds is 6. The first-order valence-electron chi connectivity index (χ1n) is 8.85. The summed E-state index contributed by atoms with van der Waals surface area (Å²) in [6, 6.07) is 0.270. The number of methoxy groups -OCH3 is 1. The lowest BCUT2D eigenvalue weighted by Gasteiger charge is -2.48. The normalized spacial score (nSPS) is 37.4. The molecule has 0 spiro atoms. The molecular weight excluding hydrogens is 395 g/mol. The molecule has 0 aromatic rings. The maximum atomic E-state index is 15.1. The molecule has 0 saturated carbocycles. The number of hydrogen-bond donors (Lipinski definition) is 3. The van der Waals surface area contributed by atoms with Gasteiger partial charge in [0.15, 0.2) is 12.0 Å². The fraction of sp³-hybridized carbons (Fsp3) is 0.824. The number of esters is 1. The fourth-order valence-corrected chi connectivity index (χ4v) is 3.34. The van der Waals surface area contributed by atoms with Crippen molar-refractivity contribution in [1.82, 2.24) is 5.32 Å². The molecule has 0 bridgehead atoms. The molecule has 1 amide bonds. The van der Waals surface area contributed by atoms with E-state index in [0.29, 0.717) is 0 Å². The van der Waals surface area contributed by atoms with Crippen molar-refractivity contribution in [3.63, 3.8) is 0 Å². The van der Waals surface area contributed by atoms with E-state index in [9.17, 15) is 19.8 Å². The molecule has 7 atom stereocenters. The maximum absolute atomic E-state index is 15.1. The van der Waals surface area contributed by atoms with Crippen LogP contribution in [0.25, 0.3) is 0 Å². The van der Waals surface area contributed by atoms with Gasteiger partial charge in [-0.25, -0.2) is 9.18 Å². The van der Waals surface area contributed by atoms with Crippen molar-refractivity contribution < 1.29 is 47.9 Å². The summed E-state index contributed by atoms with van der Waals surface area (Å²) in [6.07, 6.45) is -8.39. The van der Waals surface area contributed by atoms with Crippen LogP contribution in [0.1, 0.15) is 20.8 Å². The molecule has 0 aliphatic carbocycles. The summed E-state index contributed by atoms with van der Waals surface area (Å²) < 4.78 is 40.9. The van der Waals surface area contributed by atoms with Crippen LogP contribution in [0.2, 0.25) is 0 Å². The third-order valence-corrected chi connectivity index (χ3v) is 4.62. The SMILES string of the molecule is COC(=O)[C@]1(O)OC([C@H](O)[C@H]2COC(C)(C)O2)[C@H](NC(C)=O)C(OCC#N)C1F.